The zero-order valence-corrected chi connectivity index (χ0v) is 12.3. The minimum absolute atomic E-state index is 0.224. The van der Waals surface area contributed by atoms with Gasteiger partial charge in [0, 0.05) is 30.5 Å². The first-order valence-corrected chi connectivity index (χ1v) is 7.27. The minimum Gasteiger partial charge on any atom is -0.370 e. The summed E-state index contributed by atoms with van der Waals surface area (Å²) in [4.78, 5) is 14.7. The monoisotopic (exact) mass is 286 g/mol. The van der Waals surface area contributed by atoms with E-state index in [1.54, 1.807) is 12.5 Å². The van der Waals surface area contributed by atoms with Crippen LogP contribution in [0.3, 0.4) is 0 Å². The van der Waals surface area contributed by atoms with Gasteiger partial charge in [0.25, 0.3) is 0 Å². The quantitative estimate of drug-likeness (QED) is 0.730. The summed E-state index contributed by atoms with van der Waals surface area (Å²) in [6.07, 6.45) is 7.75. The Morgan fingerprint density at radius 1 is 1.33 bits per heavy atom. The number of nitrogens with zero attached hydrogens (tertiary/aromatic N) is 2. The van der Waals surface area contributed by atoms with Gasteiger partial charge in [-0.3, -0.25) is 4.79 Å². The fraction of sp³-hybridized carbons (Fsp3) is 0.375. The highest BCUT2D eigenvalue weighted by Gasteiger charge is 2.05. The van der Waals surface area contributed by atoms with Crippen LogP contribution in [0.1, 0.15) is 37.8 Å². The number of primary amides is 1. The van der Waals surface area contributed by atoms with Crippen molar-refractivity contribution in [3.8, 4) is 5.69 Å². The molecule has 0 saturated carbocycles. The second kappa shape index (κ2) is 7.59. The average molecular weight is 286 g/mol. The van der Waals surface area contributed by atoms with Gasteiger partial charge in [0.2, 0.25) is 5.91 Å². The molecule has 3 N–H and O–H groups in total. The van der Waals surface area contributed by atoms with E-state index in [9.17, 15) is 4.79 Å². The van der Waals surface area contributed by atoms with Crippen LogP contribution in [0.4, 0.5) is 0 Å². The molecule has 112 valence electrons. The molecule has 2 aromatic rings. The Morgan fingerprint density at radius 3 is 2.71 bits per heavy atom. The van der Waals surface area contributed by atoms with Crippen molar-refractivity contribution in [3.63, 3.8) is 0 Å². The van der Waals surface area contributed by atoms with Gasteiger partial charge in [-0.25, -0.2) is 4.98 Å². The molecule has 5 heteroatoms. The number of hydrogen-bond donors (Lipinski definition) is 2. The highest BCUT2D eigenvalue weighted by atomic mass is 16.1. The summed E-state index contributed by atoms with van der Waals surface area (Å²) in [7, 11) is 0. The lowest BCUT2D eigenvalue weighted by atomic mass is 10.1. The molecule has 2 rings (SSSR count). The molecule has 1 aromatic heterocycles. The first kappa shape index (κ1) is 15.3. The van der Waals surface area contributed by atoms with Gasteiger partial charge < -0.3 is 15.6 Å². The summed E-state index contributed by atoms with van der Waals surface area (Å²) in [5.74, 6) is -0.224. The van der Waals surface area contributed by atoms with E-state index >= 15 is 0 Å². The van der Waals surface area contributed by atoms with Crippen molar-refractivity contribution in [1.82, 2.24) is 14.9 Å². The lowest BCUT2D eigenvalue weighted by molar-refractivity contribution is -0.118. The predicted octanol–water partition coefficient (Wildman–Crippen LogP) is 2.18. The molecule has 0 aliphatic carbocycles. The van der Waals surface area contributed by atoms with Crippen LogP contribution in [0.25, 0.3) is 5.69 Å². The summed E-state index contributed by atoms with van der Waals surface area (Å²) in [5, 5.41) is 3.46. The Labute approximate surface area is 125 Å². The van der Waals surface area contributed by atoms with E-state index in [1.165, 1.54) is 5.56 Å². The van der Waals surface area contributed by atoms with Crippen LogP contribution in [0.5, 0.6) is 0 Å². The largest absolute Gasteiger partial charge is 0.370 e. The fourth-order valence-electron chi connectivity index (χ4n) is 2.21. The molecule has 5 nitrogen and oxygen atoms in total. The van der Waals surface area contributed by atoms with Crippen LogP contribution in [-0.4, -0.2) is 22.0 Å². The number of unbranched alkanes of at least 4 members (excludes halogenated alkanes) is 1. The Hall–Kier alpha value is -2.14. The number of nitrogens with one attached hydrogen (secondary N) is 1. The van der Waals surface area contributed by atoms with Crippen LogP contribution in [0, 0.1) is 0 Å². The van der Waals surface area contributed by atoms with E-state index in [0.717, 1.165) is 25.1 Å². The molecular weight excluding hydrogens is 264 g/mol. The molecule has 0 aliphatic heterocycles. The lowest BCUT2D eigenvalue weighted by Crippen LogP contribution is -2.20. The van der Waals surface area contributed by atoms with E-state index < -0.39 is 0 Å². The number of carbonyl (C=O) groups excluding carboxylic acids is 1. The normalized spacial score (nSPS) is 12.2. The summed E-state index contributed by atoms with van der Waals surface area (Å²) in [6, 6.07) is 8.70. The number of amides is 1. The van der Waals surface area contributed by atoms with Gasteiger partial charge in [0.15, 0.2) is 0 Å². The van der Waals surface area contributed by atoms with Crippen molar-refractivity contribution in [3.05, 3.63) is 48.5 Å². The molecule has 21 heavy (non-hydrogen) atoms. The summed E-state index contributed by atoms with van der Waals surface area (Å²) < 4.78 is 1.98. The lowest BCUT2D eigenvalue weighted by Gasteiger charge is -2.14. The topological polar surface area (TPSA) is 72.9 Å². The Kier molecular flexibility index (Phi) is 5.51. The fourth-order valence-corrected chi connectivity index (χ4v) is 2.21. The second-order valence-electron chi connectivity index (χ2n) is 5.16. The predicted molar refractivity (Wildman–Crippen MR) is 83.0 cm³/mol. The van der Waals surface area contributed by atoms with Crippen molar-refractivity contribution in [1.29, 1.82) is 0 Å². The van der Waals surface area contributed by atoms with Crippen molar-refractivity contribution in [2.75, 3.05) is 6.54 Å². The summed E-state index contributed by atoms with van der Waals surface area (Å²) in [5.41, 5.74) is 7.46. The van der Waals surface area contributed by atoms with E-state index in [2.05, 4.69) is 41.5 Å². The van der Waals surface area contributed by atoms with Crippen LogP contribution >= 0.6 is 0 Å². The number of carbonyl (C=O) groups is 1. The first-order valence-electron chi connectivity index (χ1n) is 7.27. The zero-order chi connectivity index (χ0) is 15.1. The molecule has 1 unspecified atom stereocenters. The smallest absolute Gasteiger partial charge is 0.217 e. The van der Waals surface area contributed by atoms with E-state index in [0.29, 0.717) is 6.42 Å². The third-order valence-electron chi connectivity index (χ3n) is 3.50. The third-order valence-corrected chi connectivity index (χ3v) is 3.50. The number of rotatable bonds is 8. The Bertz CT molecular complexity index is 548. The SMILES string of the molecule is CC(NCCCCC(N)=O)c1ccc(-n2ccnc2)cc1. The molecule has 0 radical (unpaired) electrons. The standard InChI is InChI=1S/C16H22N4O/c1-13(19-9-3-2-4-16(17)21)14-5-7-15(8-6-14)20-11-10-18-12-20/h5-8,10-13,19H,2-4,9H2,1H3,(H2,17,21). The third kappa shape index (κ3) is 4.72. The van der Waals surface area contributed by atoms with E-state index in [4.69, 9.17) is 5.73 Å². The minimum atomic E-state index is -0.224. The molecular formula is C16H22N4O. The molecule has 0 aliphatic rings. The van der Waals surface area contributed by atoms with Gasteiger partial charge in [-0.15, -0.1) is 0 Å². The van der Waals surface area contributed by atoms with E-state index in [1.807, 2.05) is 10.8 Å². The number of imidazole rings is 1. The molecule has 1 heterocycles. The van der Waals surface area contributed by atoms with Crippen LogP contribution < -0.4 is 11.1 Å². The summed E-state index contributed by atoms with van der Waals surface area (Å²) >= 11 is 0. The highest BCUT2D eigenvalue weighted by Crippen LogP contribution is 2.15. The van der Waals surface area contributed by atoms with Crippen molar-refractivity contribution in [2.45, 2.75) is 32.2 Å². The summed E-state index contributed by atoms with van der Waals surface area (Å²) in [6.45, 7) is 3.03. The van der Waals surface area contributed by atoms with Crippen molar-refractivity contribution < 1.29 is 4.79 Å². The Morgan fingerprint density at radius 2 is 2.10 bits per heavy atom. The molecule has 0 bridgehead atoms. The van der Waals surface area contributed by atoms with Gasteiger partial charge in [-0.2, -0.15) is 0 Å². The first-order chi connectivity index (χ1) is 10.2. The molecule has 1 amide bonds. The van der Waals surface area contributed by atoms with E-state index in [-0.39, 0.29) is 11.9 Å². The molecule has 1 aromatic carbocycles. The maximum Gasteiger partial charge on any atom is 0.217 e. The highest BCUT2D eigenvalue weighted by molar-refractivity contribution is 5.73. The molecule has 0 fully saturated rings. The van der Waals surface area contributed by atoms with Crippen molar-refractivity contribution >= 4 is 5.91 Å². The van der Waals surface area contributed by atoms with Gasteiger partial charge in [0.1, 0.15) is 0 Å². The van der Waals surface area contributed by atoms with Crippen molar-refractivity contribution in [2.24, 2.45) is 5.73 Å². The Balaban J connectivity index is 1.80. The maximum atomic E-state index is 10.6. The zero-order valence-electron chi connectivity index (χ0n) is 12.3. The average Bonchev–Trinajstić information content (AvgIpc) is 3.01. The second-order valence-corrected chi connectivity index (χ2v) is 5.16. The van der Waals surface area contributed by atoms with Crippen LogP contribution in [0.15, 0.2) is 43.0 Å². The van der Waals surface area contributed by atoms with Gasteiger partial charge in [-0.05, 0) is 44.0 Å². The number of hydrogen-bond acceptors (Lipinski definition) is 3. The molecule has 0 saturated heterocycles. The molecule has 0 spiro atoms. The van der Waals surface area contributed by atoms with Gasteiger partial charge >= 0.3 is 0 Å². The van der Waals surface area contributed by atoms with Gasteiger partial charge in [-0.1, -0.05) is 12.1 Å². The maximum absolute atomic E-state index is 10.6. The van der Waals surface area contributed by atoms with Crippen LogP contribution in [-0.2, 0) is 4.79 Å². The number of benzene rings is 1. The molecule has 1 atom stereocenters. The van der Waals surface area contributed by atoms with Gasteiger partial charge in [0.05, 0.1) is 6.33 Å². The van der Waals surface area contributed by atoms with Crippen LogP contribution in [0.2, 0.25) is 0 Å². The number of aromatic nitrogens is 2. The number of nitrogens with two attached hydrogens (primary N) is 1.